The number of carbonyl (C=O) groups excluding carboxylic acids is 1. The van der Waals surface area contributed by atoms with Gasteiger partial charge in [0.05, 0.1) is 11.8 Å². The minimum atomic E-state index is 0.0441. The van der Waals surface area contributed by atoms with Crippen LogP contribution in [-0.4, -0.2) is 11.7 Å². The average Bonchev–Trinajstić information content (AvgIpc) is 2.47. The fourth-order valence-electron chi connectivity index (χ4n) is 2.74. The number of hydrogen-bond donors (Lipinski definition) is 1. The van der Waals surface area contributed by atoms with Gasteiger partial charge in [0.15, 0.2) is 0 Å². The van der Waals surface area contributed by atoms with Gasteiger partial charge in [0.25, 0.3) is 0 Å². The Kier molecular flexibility index (Phi) is 6.28. The van der Waals surface area contributed by atoms with E-state index in [0.29, 0.717) is 5.75 Å². The first-order chi connectivity index (χ1) is 11.0. The molecule has 0 saturated heterocycles. The van der Waals surface area contributed by atoms with Crippen molar-refractivity contribution in [2.24, 2.45) is 0 Å². The van der Waals surface area contributed by atoms with Crippen LogP contribution in [0.3, 0.4) is 0 Å². The highest BCUT2D eigenvalue weighted by molar-refractivity contribution is 7.99. The highest BCUT2D eigenvalue weighted by Crippen LogP contribution is 2.19. The molecule has 2 nitrogen and oxygen atoms in total. The maximum atomic E-state index is 12.1. The molecular formula is C20H25NOS. The Morgan fingerprint density at radius 2 is 1.83 bits per heavy atom. The summed E-state index contributed by atoms with van der Waals surface area (Å²) in [6.45, 7) is 8.31. The zero-order valence-corrected chi connectivity index (χ0v) is 15.2. The standard InChI is InChI=1S/C20H25NOS/c1-14-6-5-7-18(11-14)12-23-13-20(22)21-17(4)19-9-8-15(2)10-16(19)3/h5-11,17H,12-13H2,1-4H3,(H,21,22). The van der Waals surface area contributed by atoms with Crippen molar-refractivity contribution in [3.8, 4) is 0 Å². The predicted molar refractivity (Wildman–Crippen MR) is 99.8 cm³/mol. The monoisotopic (exact) mass is 327 g/mol. The van der Waals surface area contributed by atoms with E-state index in [2.05, 4.69) is 68.6 Å². The molecule has 0 fully saturated rings. The van der Waals surface area contributed by atoms with Crippen molar-refractivity contribution in [1.82, 2.24) is 5.32 Å². The van der Waals surface area contributed by atoms with E-state index in [4.69, 9.17) is 0 Å². The Hall–Kier alpha value is -1.74. The highest BCUT2D eigenvalue weighted by Gasteiger charge is 2.11. The molecule has 0 aliphatic heterocycles. The van der Waals surface area contributed by atoms with Crippen LogP contribution in [0.15, 0.2) is 42.5 Å². The van der Waals surface area contributed by atoms with Gasteiger partial charge in [0.1, 0.15) is 0 Å². The Morgan fingerprint density at radius 1 is 1.09 bits per heavy atom. The lowest BCUT2D eigenvalue weighted by Crippen LogP contribution is -2.28. The Balaban J connectivity index is 1.82. The fraction of sp³-hybridized carbons (Fsp3) is 0.350. The molecule has 122 valence electrons. The number of rotatable bonds is 6. The van der Waals surface area contributed by atoms with Gasteiger partial charge in [-0.05, 0) is 44.4 Å². The first kappa shape index (κ1) is 17.6. The fourth-order valence-corrected chi connectivity index (χ4v) is 3.52. The summed E-state index contributed by atoms with van der Waals surface area (Å²) >= 11 is 1.65. The molecule has 0 aliphatic rings. The summed E-state index contributed by atoms with van der Waals surface area (Å²) in [5.74, 6) is 1.45. The maximum Gasteiger partial charge on any atom is 0.230 e. The summed E-state index contributed by atoms with van der Waals surface area (Å²) in [7, 11) is 0. The van der Waals surface area contributed by atoms with Crippen molar-refractivity contribution < 1.29 is 4.79 Å². The van der Waals surface area contributed by atoms with E-state index < -0.39 is 0 Å². The van der Waals surface area contributed by atoms with Crippen molar-refractivity contribution in [3.63, 3.8) is 0 Å². The second-order valence-electron chi connectivity index (χ2n) is 6.13. The first-order valence-corrected chi connectivity index (χ1v) is 9.11. The summed E-state index contributed by atoms with van der Waals surface area (Å²) in [5.41, 5.74) is 6.19. The zero-order valence-electron chi connectivity index (χ0n) is 14.3. The molecule has 0 bridgehead atoms. The van der Waals surface area contributed by atoms with Crippen LogP contribution in [0.25, 0.3) is 0 Å². The highest BCUT2D eigenvalue weighted by atomic mass is 32.2. The molecule has 2 rings (SSSR count). The smallest absolute Gasteiger partial charge is 0.230 e. The quantitative estimate of drug-likeness (QED) is 0.831. The minimum Gasteiger partial charge on any atom is -0.349 e. The molecule has 0 radical (unpaired) electrons. The van der Waals surface area contributed by atoms with Crippen LogP contribution >= 0.6 is 11.8 Å². The van der Waals surface area contributed by atoms with E-state index >= 15 is 0 Å². The number of carbonyl (C=O) groups is 1. The van der Waals surface area contributed by atoms with Crippen LogP contribution in [0.4, 0.5) is 0 Å². The van der Waals surface area contributed by atoms with E-state index in [1.807, 2.05) is 6.92 Å². The lowest BCUT2D eigenvalue weighted by molar-refractivity contribution is -0.119. The third-order valence-corrected chi connectivity index (χ3v) is 4.86. The first-order valence-electron chi connectivity index (χ1n) is 7.95. The van der Waals surface area contributed by atoms with Crippen molar-refractivity contribution in [2.75, 3.05) is 5.75 Å². The van der Waals surface area contributed by atoms with Crippen molar-refractivity contribution >= 4 is 17.7 Å². The number of aryl methyl sites for hydroxylation is 3. The van der Waals surface area contributed by atoms with Gasteiger partial charge in [-0.25, -0.2) is 0 Å². The van der Waals surface area contributed by atoms with Gasteiger partial charge in [0, 0.05) is 5.75 Å². The van der Waals surface area contributed by atoms with Crippen LogP contribution in [0.2, 0.25) is 0 Å². The van der Waals surface area contributed by atoms with Crippen LogP contribution in [0.1, 0.15) is 40.8 Å². The van der Waals surface area contributed by atoms with E-state index in [1.165, 1.54) is 27.8 Å². The summed E-state index contributed by atoms with van der Waals surface area (Å²) in [4.78, 5) is 12.1. The third kappa shape index (κ3) is 5.43. The maximum absolute atomic E-state index is 12.1. The van der Waals surface area contributed by atoms with Crippen LogP contribution < -0.4 is 5.32 Å². The molecule has 0 spiro atoms. The largest absolute Gasteiger partial charge is 0.349 e. The third-order valence-electron chi connectivity index (χ3n) is 3.85. The summed E-state index contributed by atoms with van der Waals surface area (Å²) < 4.78 is 0. The van der Waals surface area contributed by atoms with Gasteiger partial charge < -0.3 is 5.32 Å². The molecule has 1 unspecified atom stereocenters. The van der Waals surface area contributed by atoms with Crippen molar-refractivity contribution in [3.05, 3.63) is 70.3 Å². The number of nitrogens with one attached hydrogen (secondary N) is 1. The molecule has 1 atom stereocenters. The molecule has 0 aliphatic carbocycles. The lowest BCUT2D eigenvalue weighted by Gasteiger charge is -2.17. The van der Waals surface area contributed by atoms with Crippen molar-refractivity contribution in [1.29, 1.82) is 0 Å². The summed E-state index contributed by atoms with van der Waals surface area (Å²) in [6.07, 6.45) is 0. The number of benzene rings is 2. The second-order valence-corrected chi connectivity index (χ2v) is 7.12. The number of amides is 1. The van der Waals surface area contributed by atoms with Crippen LogP contribution in [0.5, 0.6) is 0 Å². The Morgan fingerprint density at radius 3 is 2.52 bits per heavy atom. The summed E-state index contributed by atoms with van der Waals surface area (Å²) in [6, 6.07) is 14.8. The number of thioether (sulfide) groups is 1. The van der Waals surface area contributed by atoms with Crippen LogP contribution in [0, 0.1) is 20.8 Å². The molecule has 0 heterocycles. The molecule has 3 heteroatoms. The van der Waals surface area contributed by atoms with Gasteiger partial charge in [-0.3, -0.25) is 4.79 Å². The molecule has 1 N–H and O–H groups in total. The topological polar surface area (TPSA) is 29.1 Å². The molecular weight excluding hydrogens is 302 g/mol. The average molecular weight is 327 g/mol. The normalized spacial score (nSPS) is 12.0. The lowest BCUT2D eigenvalue weighted by atomic mass is 10.0. The van der Waals surface area contributed by atoms with E-state index in [-0.39, 0.29) is 11.9 Å². The SMILES string of the molecule is Cc1cccc(CSCC(=O)NC(C)c2ccc(C)cc2C)c1. The Labute approximate surface area is 143 Å². The second kappa shape index (κ2) is 8.21. The number of hydrogen-bond acceptors (Lipinski definition) is 2. The van der Waals surface area contributed by atoms with Gasteiger partial charge >= 0.3 is 0 Å². The van der Waals surface area contributed by atoms with Gasteiger partial charge in [-0.2, -0.15) is 0 Å². The zero-order chi connectivity index (χ0) is 16.8. The molecule has 1 amide bonds. The molecule has 0 aromatic heterocycles. The van der Waals surface area contributed by atoms with E-state index in [0.717, 1.165) is 5.75 Å². The Bertz CT molecular complexity index is 681. The molecule has 23 heavy (non-hydrogen) atoms. The van der Waals surface area contributed by atoms with Gasteiger partial charge in [-0.15, -0.1) is 11.8 Å². The van der Waals surface area contributed by atoms with Gasteiger partial charge in [0.2, 0.25) is 5.91 Å². The molecule has 0 saturated carbocycles. The predicted octanol–water partition coefficient (Wildman–Crippen LogP) is 4.72. The van der Waals surface area contributed by atoms with E-state index in [1.54, 1.807) is 11.8 Å². The molecule has 2 aromatic rings. The van der Waals surface area contributed by atoms with Crippen molar-refractivity contribution in [2.45, 2.75) is 39.5 Å². The van der Waals surface area contributed by atoms with Crippen LogP contribution in [-0.2, 0) is 10.5 Å². The minimum absolute atomic E-state index is 0.0441. The molecule has 2 aromatic carbocycles. The summed E-state index contributed by atoms with van der Waals surface area (Å²) in [5, 5.41) is 3.09. The van der Waals surface area contributed by atoms with E-state index in [9.17, 15) is 4.79 Å². The van der Waals surface area contributed by atoms with Gasteiger partial charge in [-0.1, -0.05) is 53.6 Å².